The molecule has 3 heterocycles. The van der Waals surface area contributed by atoms with Crippen LogP contribution in [-0.2, 0) is 57.5 Å². The second-order valence-electron chi connectivity index (χ2n) is 30.5. The molecular formula is C71H116F4N12O12. The highest BCUT2D eigenvalue weighted by Crippen LogP contribution is 2.43. The first-order valence-electron chi connectivity index (χ1n) is 36.5. The predicted molar refractivity (Wildman–Crippen MR) is 363 cm³/mol. The predicted octanol–water partition coefficient (Wildman–Crippen LogP) is 5.68. The minimum Gasteiger partial charge on any atom is -0.343 e. The van der Waals surface area contributed by atoms with Gasteiger partial charge in [-0.05, 0) is 126 Å². The lowest BCUT2D eigenvalue weighted by molar-refractivity contribution is -0.201. The molecule has 24 nitrogen and oxygen atoms in total. The van der Waals surface area contributed by atoms with Crippen LogP contribution in [0.1, 0.15) is 196 Å². The summed E-state index contributed by atoms with van der Waals surface area (Å²) >= 11 is 0. The molecule has 0 bridgehead atoms. The number of halogens is 4. The van der Waals surface area contributed by atoms with Crippen LogP contribution in [0.2, 0.25) is 0 Å². The van der Waals surface area contributed by atoms with Crippen molar-refractivity contribution in [3.05, 3.63) is 0 Å². The smallest absolute Gasteiger partial charge is 0.343 e. The number of fused-ring (bicyclic) bond motifs is 1. The molecule has 3 unspecified atom stereocenters. The molecule has 11 atom stereocenters. The first-order valence-corrected chi connectivity index (χ1v) is 36.5. The zero-order chi connectivity index (χ0) is 73.5. The Bertz CT molecular complexity index is 2850. The van der Waals surface area contributed by atoms with Gasteiger partial charge in [-0.25, -0.2) is 4.39 Å². The van der Waals surface area contributed by atoms with Crippen molar-refractivity contribution in [2.45, 2.75) is 256 Å². The van der Waals surface area contributed by atoms with Gasteiger partial charge in [0.25, 0.3) is 0 Å². The summed E-state index contributed by atoms with van der Waals surface area (Å²) in [4.78, 5) is 189. The highest BCUT2D eigenvalue weighted by molar-refractivity contribution is 6.00. The lowest BCUT2D eigenvalue weighted by atomic mass is 9.78. The standard InChI is InChI=1S/C71H116F4N12O12/c1-14-46(6)61-68(98)81(9)42-59(90)79(7)43-60(91)83(11)55(39-47-24-17-15-18-25-47)65(95)80(8)41-57(88)76-51(30-28-48-27-29-49(50(72)38-48)71(73,74)75)64(94)87-35-23-26-52(87)63(93)78-70(31-19-20-32-70)69(99)85(13)54(37-45(4)5)66(96)84(12)56(67(97)86-33-21-16-22-34-86)40-58(89)82(10)53(36-44(2)3)62(92)77-61/h44-56,61H,14-43H2,1-13H3,(H,76,88)(H,77,92)(H,78,93)/t46-,48?,49?,50?,51-,52-,53-,54-,55-,56-,61-/m0/s1. The van der Waals surface area contributed by atoms with Gasteiger partial charge in [-0.1, -0.05) is 92.9 Å². The molecule has 28 heteroatoms. The Morgan fingerprint density at radius 2 is 1.14 bits per heavy atom. The molecule has 1 spiro atoms. The summed E-state index contributed by atoms with van der Waals surface area (Å²) in [7, 11) is 9.87. The Hall–Kier alpha value is -6.64. The van der Waals surface area contributed by atoms with E-state index in [0.29, 0.717) is 51.6 Å². The van der Waals surface area contributed by atoms with Crippen molar-refractivity contribution in [3.63, 3.8) is 0 Å². The van der Waals surface area contributed by atoms with Crippen LogP contribution in [0.4, 0.5) is 17.6 Å². The topological polar surface area (TPSA) is 270 Å². The fourth-order valence-corrected chi connectivity index (χ4v) is 15.6. The molecule has 3 saturated heterocycles. The number of likely N-dealkylation sites (N-methyl/N-ethyl adjacent to an activating group) is 7. The molecule has 3 saturated carbocycles. The molecule has 3 N–H and O–H groups in total. The van der Waals surface area contributed by atoms with E-state index in [4.69, 9.17) is 0 Å². The minimum atomic E-state index is -4.75. The van der Waals surface area contributed by atoms with Crippen molar-refractivity contribution in [2.75, 3.05) is 88.6 Å². The molecule has 6 fully saturated rings. The van der Waals surface area contributed by atoms with Crippen molar-refractivity contribution in [2.24, 2.45) is 35.5 Å². The number of carbonyl (C=O) groups is 12. The van der Waals surface area contributed by atoms with Crippen LogP contribution in [0.25, 0.3) is 0 Å². The molecule has 560 valence electrons. The number of hydrogen-bond acceptors (Lipinski definition) is 12. The van der Waals surface area contributed by atoms with Crippen molar-refractivity contribution in [1.82, 2.24) is 60.0 Å². The highest BCUT2D eigenvalue weighted by Gasteiger charge is 2.52. The summed E-state index contributed by atoms with van der Waals surface area (Å²) < 4.78 is 56.8. The SMILES string of the molecule is CC[C@H](C)[C@@H]1NC(=O)[C@H](CC(C)C)N(C)C(=O)C[C@@H](C(=O)N2CCCCC2)N(C)C(=O)[C@H](CC(C)C)N(C)C(=O)C2(CCCC2)NC(=O)[C@@H]2CCCN2C(=O)[C@H](CCC2CCC(C(F)(F)F)C(F)C2)NC(=O)CN(C)C(=O)[C@H](CC2CCCCC2)N(C)C(=O)CN(C)C(=O)CN(C)C1=O. The van der Waals surface area contributed by atoms with E-state index in [0.717, 1.165) is 53.2 Å². The first-order chi connectivity index (χ1) is 46.5. The third kappa shape index (κ3) is 21.2. The highest BCUT2D eigenvalue weighted by atomic mass is 19.4. The number of hydrogen-bond donors (Lipinski definition) is 3. The van der Waals surface area contributed by atoms with Gasteiger partial charge in [0.15, 0.2) is 0 Å². The van der Waals surface area contributed by atoms with Gasteiger partial charge in [0, 0.05) is 69.0 Å². The van der Waals surface area contributed by atoms with Gasteiger partial charge in [0.2, 0.25) is 70.9 Å². The van der Waals surface area contributed by atoms with Crippen LogP contribution in [0.15, 0.2) is 0 Å². The number of carbonyl (C=O) groups excluding carboxylic acids is 12. The number of piperidine rings is 1. The van der Waals surface area contributed by atoms with Crippen LogP contribution < -0.4 is 16.0 Å². The number of likely N-dealkylation sites (tertiary alicyclic amines) is 1. The summed E-state index contributed by atoms with van der Waals surface area (Å²) in [6, 6.07) is -8.79. The van der Waals surface area contributed by atoms with Crippen molar-refractivity contribution in [1.29, 1.82) is 0 Å². The molecule has 3 aliphatic heterocycles. The molecule has 12 amide bonds. The third-order valence-corrected chi connectivity index (χ3v) is 22.1. The van der Waals surface area contributed by atoms with Gasteiger partial charge < -0.3 is 60.0 Å². The van der Waals surface area contributed by atoms with E-state index in [1.807, 2.05) is 34.6 Å². The summed E-state index contributed by atoms with van der Waals surface area (Å²) in [5, 5.41) is 8.69. The second kappa shape index (κ2) is 36.3. The zero-order valence-corrected chi connectivity index (χ0v) is 61.2. The van der Waals surface area contributed by atoms with E-state index >= 15 is 23.6 Å². The van der Waals surface area contributed by atoms with Crippen LogP contribution in [0, 0.1) is 35.5 Å². The van der Waals surface area contributed by atoms with Gasteiger partial charge in [-0.3, -0.25) is 57.5 Å². The molecule has 3 aliphatic carbocycles. The normalized spacial score (nSPS) is 29.2. The van der Waals surface area contributed by atoms with E-state index in [1.165, 1.54) is 73.8 Å². The molecular weight excluding hydrogens is 1290 g/mol. The number of amides is 12. The first kappa shape index (κ1) is 81.3. The average molecular weight is 1410 g/mol. The third-order valence-electron chi connectivity index (χ3n) is 22.1. The van der Waals surface area contributed by atoms with E-state index in [2.05, 4.69) is 16.0 Å². The quantitative estimate of drug-likeness (QED) is 0.199. The summed E-state index contributed by atoms with van der Waals surface area (Å²) in [6.45, 7) is 10.1. The summed E-state index contributed by atoms with van der Waals surface area (Å²) in [5.74, 6) is -11.5. The molecule has 0 aromatic rings. The summed E-state index contributed by atoms with van der Waals surface area (Å²) in [5.41, 5.74) is -1.58. The number of alkyl halides is 4. The molecule has 6 aliphatic rings. The largest absolute Gasteiger partial charge is 0.394 e. The monoisotopic (exact) mass is 1400 g/mol. The van der Waals surface area contributed by atoms with Crippen molar-refractivity contribution >= 4 is 70.9 Å². The second-order valence-corrected chi connectivity index (χ2v) is 30.5. The minimum absolute atomic E-state index is 0.00156. The summed E-state index contributed by atoms with van der Waals surface area (Å²) in [6.07, 6.45) is 0.585. The van der Waals surface area contributed by atoms with Crippen molar-refractivity contribution in [3.8, 4) is 0 Å². The molecule has 0 radical (unpaired) electrons. The molecule has 0 aromatic heterocycles. The van der Waals surface area contributed by atoms with E-state index < -0.39 is 188 Å². The molecule has 0 aromatic carbocycles. The fraction of sp³-hybridized carbons (Fsp3) is 0.831. The Kier molecular flexibility index (Phi) is 29.8. The number of rotatable bonds is 12. The van der Waals surface area contributed by atoms with Crippen LogP contribution in [0.3, 0.4) is 0 Å². The van der Waals surface area contributed by atoms with Crippen molar-refractivity contribution < 1.29 is 75.1 Å². The van der Waals surface area contributed by atoms with Gasteiger partial charge in [0.1, 0.15) is 54.0 Å². The van der Waals surface area contributed by atoms with E-state index in [9.17, 15) is 51.5 Å². The average Bonchev–Trinajstić information content (AvgIpc) is 1.61. The Labute approximate surface area is 583 Å². The molecule has 99 heavy (non-hydrogen) atoms. The lowest BCUT2D eigenvalue weighted by Crippen LogP contribution is -2.64. The maximum Gasteiger partial charge on any atom is 0.394 e. The van der Waals surface area contributed by atoms with Crippen LogP contribution >= 0.6 is 0 Å². The maximum absolute atomic E-state index is 15.5. The van der Waals surface area contributed by atoms with Crippen LogP contribution in [-0.4, -0.2) is 264 Å². The number of nitrogens with one attached hydrogen (secondary N) is 3. The van der Waals surface area contributed by atoms with E-state index in [-0.39, 0.29) is 82.1 Å². The van der Waals surface area contributed by atoms with Gasteiger partial charge in [-0.15, -0.1) is 0 Å². The molecule has 6 rings (SSSR count). The Morgan fingerprint density at radius 3 is 1.74 bits per heavy atom. The Balaban J connectivity index is 1.41. The van der Waals surface area contributed by atoms with E-state index in [1.54, 1.807) is 11.8 Å². The zero-order valence-electron chi connectivity index (χ0n) is 61.2. The van der Waals surface area contributed by atoms with Gasteiger partial charge in [-0.2, -0.15) is 13.2 Å². The van der Waals surface area contributed by atoms with Gasteiger partial charge in [0.05, 0.1) is 32.0 Å². The lowest BCUT2D eigenvalue weighted by Gasteiger charge is -2.41. The van der Waals surface area contributed by atoms with Gasteiger partial charge >= 0.3 is 6.18 Å². The number of nitrogens with zero attached hydrogens (tertiary/aromatic N) is 9. The van der Waals surface area contributed by atoms with Crippen LogP contribution in [0.5, 0.6) is 0 Å². The maximum atomic E-state index is 15.5. The fourth-order valence-electron chi connectivity index (χ4n) is 15.6. The Morgan fingerprint density at radius 1 is 0.556 bits per heavy atom.